The Morgan fingerprint density at radius 1 is 1.18 bits per heavy atom. The molecule has 1 atom stereocenters. The van der Waals surface area contributed by atoms with Gasteiger partial charge in [0.25, 0.3) is 0 Å². The number of aliphatic imine (C=N–C) groups is 1. The first-order valence-electron chi connectivity index (χ1n) is 4.60. The molecular weight excluding hydrogens is 154 g/mol. The number of nitrogens with zero attached hydrogens (tertiary/aromatic N) is 1. The van der Waals surface area contributed by atoms with E-state index in [1.165, 1.54) is 37.9 Å². The zero-order valence-corrected chi connectivity index (χ0v) is 7.65. The Morgan fingerprint density at radius 2 is 2.00 bits per heavy atom. The van der Waals surface area contributed by atoms with Crippen LogP contribution >= 0.6 is 11.8 Å². The topological polar surface area (TPSA) is 12.4 Å². The van der Waals surface area contributed by atoms with Crippen molar-refractivity contribution in [1.29, 1.82) is 0 Å². The van der Waals surface area contributed by atoms with Crippen molar-refractivity contribution in [2.75, 3.05) is 5.75 Å². The normalized spacial score (nSPS) is 32.9. The van der Waals surface area contributed by atoms with Crippen LogP contribution in [0.3, 0.4) is 0 Å². The zero-order chi connectivity index (χ0) is 7.52. The monoisotopic (exact) mass is 169 g/mol. The van der Waals surface area contributed by atoms with E-state index in [1.54, 1.807) is 0 Å². The van der Waals surface area contributed by atoms with Gasteiger partial charge in [-0.25, -0.2) is 0 Å². The number of thioether (sulfide) groups is 1. The Labute approximate surface area is 72.7 Å². The molecule has 1 fully saturated rings. The van der Waals surface area contributed by atoms with E-state index in [0.29, 0.717) is 6.04 Å². The molecule has 0 N–H and O–H groups in total. The van der Waals surface area contributed by atoms with E-state index in [1.807, 2.05) is 17.3 Å². The summed E-state index contributed by atoms with van der Waals surface area (Å²) in [5.41, 5.74) is 2.04. The SMILES string of the molecule is C1=NC(C2CCCCC2)CS1. The quantitative estimate of drug-likeness (QED) is 0.588. The molecule has 1 saturated carbocycles. The van der Waals surface area contributed by atoms with Crippen molar-refractivity contribution in [3.63, 3.8) is 0 Å². The van der Waals surface area contributed by atoms with Crippen molar-refractivity contribution < 1.29 is 0 Å². The van der Waals surface area contributed by atoms with Crippen LogP contribution in [-0.2, 0) is 0 Å². The first kappa shape index (κ1) is 7.66. The van der Waals surface area contributed by atoms with Crippen LogP contribution < -0.4 is 0 Å². The van der Waals surface area contributed by atoms with Gasteiger partial charge in [0.15, 0.2) is 0 Å². The lowest BCUT2D eigenvalue weighted by Gasteiger charge is -2.24. The smallest absolute Gasteiger partial charge is 0.0628 e. The van der Waals surface area contributed by atoms with Crippen molar-refractivity contribution in [2.45, 2.75) is 38.1 Å². The summed E-state index contributed by atoms with van der Waals surface area (Å²) in [5, 5.41) is 0. The number of hydrogen-bond donors (Lipinski definition) is 0. The average molecular weight is 169 g/mol. The van der Waals surface area contributed by atoms with Crippen LogP contribution in [0.1, 0.15) is 32.1 Å². The summed E-state index contributed by atoms with van der Waals surface area (Å²) in [4.78, 5) is 4.50. The van der Waals surface area contributed by atoms with Crippen LogP contribution in [0, 0.1) is 5.92 Å². The first-order valence-corrected chi connectivity index (χ1v) is 5.65. The molecule has 0 saturated heterocycles. The molecule has 1 nitrogen and oxygen atoms in total. The molecule has 0 aromatic carbocycles. The highest BCUT2D eigenvalue weighted by atomic mass is 32.2. The van der Waals surface area contributed by atoms with Gasteiger partial charge in [0, 0.05) is 5.75 Å². The van der Waals surface area contributed by atoms with Crippen molar-refractivity contribution in [3.8, 4) is 0 Å². The molecule has 0 radical (unpaired) electrons. The second-order valence-corrected chi connectivity index (χ2v) is 4.43. The van der Waals surface area contributed by atoms with Gasteiger partial charge in [0.1, 0.15) is 0 Å². The maximum Gasteiger partial charge on any atom is 0.0628 e. The van der Waals surface area contributed by atoms with Gasteiger partial charge in [0.05, 0.1) is 11.6 Å². The van der Waals surface area contributed by atoms with E-state index in [0.717, 1.165) is 5.92 Å². The Balaban J connectivity index is 1.87. The maximum atomic E-state index is 4.50. The molecule has 0 aromatic heterocycles. The molecule has 62 valence electrons. The van der Waals surface area contributed by atoms with Gasteiger partial charge in [-0.3, -0.25) is 4.99 Å². The van der Waals surface area contributed by atoms with Crippen molar-refractivity contribution in [3.05, 3.63) is 0 Å². The molecule has 0 spiro atoms. The Morgan fingerprint density at radius 3 is 2.64 bits per heavy atom. The predicted molar refractivity (Wildman–Crippen MR) is 51.3 cm³/mol. The summed E-state index contributed by atoms with van der Waals surface area (Å²) in [7, 11) is 0. The van der Waals surface area contributed by atoms with Crippen molar-refractivity contribution in [1.82, 2.24) is 0 Å². The highest BCUT2D eigenvalue weighted by Gasteiger charge is 2.24. The molecule has 0 amide bonds. The lowest BCUT2D eigenvalue weighted by atomic mass is 9.85. The second kappa shape index (κ2) is 3.61. The van der Waals surface area contributed by atoms with Gasteiger partial charge in [0.2, 0.25) is 0 Å². The molecule has 1 aliphatic carbocycles. The van der Waals surface area contributed by atoms with Gasteiger partial charge >= 0.3 is 0 Å². The lowest BCUT2D eigenvalue weighted by molar-refractivity contribution is 0.322. The van der Waals surface area contributed by atoms with E-state index in [2.05, 4.69) is 4.99 Å². The first-order chi connectivity index (χ1) is 5.47. The molecule has 2 aliphatic rings. The standard InChI is InChI=1S/C9H15NS/c1-2-4-8(5-3-1)9-6-11-7-10-9/h7-9H,1-6H2. The highest BCUT2D eigenvalue weighted by molar-refractivity contribution is 8.12. The zero-order valence-electron chi connectivity index (χ0n) is 6.83. The van der Waals surface area contributed by atoms with Crippen LogP contribution in [0.15, 0.2) is 4.99 Å². The van der Waals surface area contributed by atoms with Crippen LogP contribution in [0.2, 0.25) is 0 Å². The lowest BCUT2D eigenvalue weighted by Crippen LogP contribution is -2.21. The molecule has 1 heterocycles. The van der Waals surface area contributed by atoms with Crippen molar-refractivity contribution in [2.24, 2.45) is 10.9 Å². The molecular formula is C9H15NS. The molecule has 2 heteroatoms. The number of rotatable bonds is 1. The maximum absolute atomic E-state index is 4.50. The van der Waals surface area contributed by atoms with Crippen LogP contribution in [0.5, 0.6) is 0 Å². The van der Waals surface area contributed by atoms with E-state index in [-0.39, 0.29) is 0 Å². The van der Waals surface area contributed by atoms with Gasteiger partial charge < -0.3 is 0 Å². The fourth-order valence-corrected chi connectivity index (χ4v) is 2.97. The van der Waals surface area contributed by atoms with Gasteiger partial charge in [-0.1, -0.05) is 19.3 Å². The Bertz CT molecular complexity index is 150. The molecule has 0 aromatic rings. The average Bonchev–Trinajstić information content (AvgIpc) is 2.58. The second-order valence-electron chi connectivity index (χ2n) is 3.55. The minimum atomic E-state index is 0.681. The third-order valence-corrected chi connectivity index (χ3v) is 3.59. The van der Waals surface area contributed by atoms with Gasteiger partial charge in [-0.05, 0) is 18.8 Å². The molecule has 11 heavy (non-hydrogen) atoms. The van der Waals surface area contributed by atoms with Gasteiger partial charge in [-0.2, -0.15) is 0 Å². The fourth-order valence-electron chi connectivity index (χ4n) is 2.08. The third kappa shape index (κ3) is 1.78. The fraction of sp³-hybridized carbons (Fsp3) is 0.889. The van der Waals surface area contributed by atoms with Gasteiger partial charge in [-0.15, -0.1) is 11.8 Å². The molecule has 0 bridgehead atoms. The summed E-state index contributed by atoms with van der Waals surface area (Å²) in [6.45, 7) is 0. The van der Waals surface area contributed by atoms with Crippen molar-refractivity contribution >= 4 is 17.3 Å². The molecule has 2 rings (SSSR count). The summed E-state index contributed by atoms with van der Waals surface area (Å²) >= 11 is 1.88. The Kier molecular flexibility index (Phi) is 2.52. The minimum absolute atomic E-state index is 0.681. The summed E-state index contributed by atoms with van der Waals surface area (Å²) in [6, 6.07) is 0.681. The van der Waals surface area contributed by atoms with E-state index in [9.17, 15) is 0 Å². The third-order valence-electron chi connectivity index (χ3n) is 2.79. The van der Waals surface area contributed by atoms with Crippen LogP contribution in [-0.4, -0.2) is 17.3 Å². The van der Waals surface area contributed by atoms with Crippen LogP contribution in [0.25, 0.3) is 0 Å². The summed E-state index contributed by atoms with van der Waals surface area (Å²) in [6.07, 6.45) is 7.22. The molecule has 1 unspecified atom stereocenters. The predicted octanol–water partition coefficient (Wildman–Crippen LogP) is 2.71. The number of hydrogen-bond acceptors (Lipinski definition) is 2. The molecule has 1 aliphatic heterocycles. The largest absolute Gasteiger partial charge is 0.282 e. The van der Waals surface area contributed by atoms with E-state index in [4.69, 9.17) is 0 Å². The van der Waals surface area contributed by atoms with E-state index >= 15 is 0 Å². The van der Waals surface area contributed by atoms with E-state index < -0.39 is 0 Å². The summed E-state index contributed by atoms with van der Waals surface area (Å²) in [5.74, 6) is 2.18. The highest BCUT2D eigenvalue weighted by Crippen LogP contribution is 2.31. The van der Waals surface area contributed by atoms with Crippen LogP contribution in [0.4, 0.5) is 0 Å². The minimum Gasteiger partial charge on any atom is -0.282 e. The Hall–Kier alpha value is 0.0200. The summed E-state index contributed by atoms with van der Waals surface area (Å²) < 4.78 is 0.